The third kappa shape index (κ3) is 9.39. The summed E-state index contributed by atoms with van der Waals surface area (Å²) in [5.41, 5.74) is 0.867. The average Bonchev–Trinajstić information content (AvgIpc) is 2.12. The molecule has 0 aromatic heterocycles. The minimum absolute atomic E-state index is 0.788. The van der Waals surface area contributed by atoms with Crippen molar-refractivity contribution in [2.24, 2.45) is 0 Å². The van der Waals surface area contributed by atoms with Crippen LogP contribution in [0.15, 0.2) is 0 Å². The Kier molecular flexibility index (Phi) is 9.62. The highest BCUT2D eigenvalue weighted by Gasteiger charge is 2.10. The molecule has 14 heavy (non-hydrogen) atoms. The Hall–Kier alpha value is 0.830. The van der Waals surface area contributed by atoms with Gasteiger partial charge in [0.2, 0.25) is 0 Å². The fourth-order valence-corrected chi connectivity index (χ4v) is 3.38. The van der Waals surface area contributed by atoms with Gasteiger partial charge in [0.05, 0.1) is 0 Å². The van der Waals surface area contributed by atoms with Gasteiger partial charge in [0.1, 0.15) is 0 Å². The molecule has 82 valence electrons. The lowest BCUT2D eigenvalue weighted by atomic mass is 9.70. The smallest absolute Gasteiger partial charge is 0.188 e. The fourth-order valence-electron chi connectivity index (χ4n) is 1.22. The molecular weight excluding hydrogens is 206 g/mol. The molecule has 0 radical (unpaired) electrons. The predicted octanol–water partition coefficient (Wildman–Crippen LogP) is 3.52. The topological polar surface area (TPSA) is 0 Å². The average molecular weight is 230 g/mol. The first kappa shape index (κ1) is 14.8. The van der Waals surface area contributed by atoms with Gasteiger partial charge < -0.3 is 0 Å². The van der Waals surface area contributed by atoms with Gasteiger partial charge in [0.25, 0.3) is 0 Å². The van der Waals surface area contributed by atoms with Crippen LogP contribution < -0.4 is 0 Å². The van der Waals surface area contributed by atoms with Gasteiger partial charge in [-0.3, -0.25) is 0 Å². The molecule has 0 rings (SSSR count). The molecule has 2 atom stereocenters. The van der Waals surface area contributed by atoms with Crippen LogP contribution in [-0.4, -0.2) is 23.6 Å². The first-order valence-corrected chi connectivity index (χ1v) is 7.89. The summed E-state index contributed by atoms with van der Waals surface area (Å²) >= 11 is 4.24. The Morgan fingerprint density at radius 3 is 2.07 bits per heavy atom. The third-order valence-corrected chi connectivity index (χ3v) is 5.07. The monoisotopic (exact) mass is 230 g/mol. The first-order valence-electron chi connectivity index (χ1n) is 5.79. The predicted molar refractivity (Wildman–Crippen MR) is 78.4 cm³/mol. The molecule has 0 spiro atoms. The molecule has 0 heterocycles. The maximum atomic E-state index is 2.38. The van der Waals surface area contributed by atoms with Crippen LogP contribution in [0.25, 0.3) is 0 Å². The summed E-state index contributed by atoms with van der Waals surface area (Å²) in [5.74, 6) is 0. The Morgan fingerprint density at radius 2 is 1.57 bits per heavy atom. The summed E-state index contributed by atoms with van der Waals surface area (Å²) in [6.45, 7) is 14.2. The lowest BCUT2D eigenvalue weighted by molar-refractivity contribution is 0.790. The van der Waals surface area contributed by atoms with E-state index < -0.39 is 0 Å². The van der Waals surface area contributed by atoms with Crippen LogP contribution in [0.2, 0.25) is 5.72 Å². The molecule has 0 aliphatic carbocycles. The molecule has 2 unspecified atom stereocenters. The van der Waals surface area contributed by atoms with Gasteiger partial charge in [-0.1, -0.05) is 46.8 Å². The van der Waals surface area contributed by atoms with Gasteiger partial charge in [0, 0.05) is 0 Å². The minimum Gasteiger partial charge on any atom is -0.213 e. The Balaban J connectivity index is 3.38. The van der Waals surface area contributed by atoms with Gasteiger partial charge in [-0.2, -0.15) is 0 Å². The van der Waals surface area contributed by atoms with E-state index in [1.54, 1.807) is 0 Å². The van der Waals surface area contributed by atoms with Crippen LogP contribution in [-0.2, 0) is 0 Å². The van der Waals surface area contributed by atoms with Gasteiger partial charge in [-0.25, -0.2) is 23.2 Å². The Bertz CT molecular complexity index is 131. The molecule has 0 aliphatic rings. The molecule has 0 fully saturated rings. The van der Waals surface area contributed by atoms with Crippen LogP contribution in [0.4, 0.5) is 0 Å². The van der Waals surface area contributed by atoms with E-state index in [1.807, 2.05) is 0 Å². The highest BCUT2D eigenvalue weighted by atomic mass is 32.2. The zero-order chi connectivity index (χ0) is 11.0. The van der Waals surface area contributed by atoms with Crippen molar-refractivity contribution < 1.29 is 0 Å². The van der Waals surface area contributed by atoms with E-state index in [0.29, 0.717) is 0 Å². The van der Waals surface area contributed by atoms with E-state index in [1.165, 1.54) is 26.0 Å². The molecule has 0 aliphatic heterocycles. The van der Waals surface area contributed by atoms with Crippen molar-refractivity contribution in [3.8, 4) is 0 Å². The quantitative estimate of drug-likeness (QED) is 0.585. The summed E-state index contributed by atoms with van der Waals surface area (Å²) in [6.07, 6.45) is 2.69. The summed E-state index contributed by atoms with van der Waals surface area (Å²) in [5, 5.41) is 1.64. The van der Waals surface area contributed by atoms with Crippen molar-refractivity contribution in [3.63, 3.8) is 0 Å². The van der Waals surface area contributed by atoms with E-state index in [9.17, 15) is 0 Å². The number of hydrogen-bond acceptors (Lipinski definition) is 2. The standard InChI is InChI=1S/C10H24B2S2/c1-6-7-9(4)14-12-10(5)11-13-8(2)3/h8-12H,6-7H2,1-5H3. The Morgan fingerprint density at radius 1 is 1.00 bits per heavy atom. The molecule has 0 aromatic carbocycles. The summed E-state index contributed by atoms with van der Waals surface area (Å²) in [6, 6.07) is 0. The second-order valence-electron chi connectivity index (χ2n) is 4.42. The normalized spacial score (nSPS) is 15.3. The van der Waals surface area contributed by atoms with E-state index in [0.717, 1.165) is 16.2 Å². The van der Waals surface area contributed by atoms with Crippen LogP contribution in [0.1, 0.15) is 47.5 Å². The molecule has 0 nitrogen and oxygen atoms in total. The molecule has 0 saturated carbocycles. The number of hydrogen-bond donors (Lipinski definition) is 0. The molecule has 0 saturated heterocycles. The van der Waals surface area contributed by atoms with E-state index >= 15 is 0 Å². The van der Waals surface area contributed by atoms with Crippen LogP contribution in [0.3, 0.4) is 0 Å². The second kappa shape index (κ2) is 9.08. The maximum absolute atomic E-state index is 2.38. The maximum Gasteiger partial charge on any atom is 0.188 e. The van der Waals surface area contributed by atoms with Crippen molar-refractivity contribution in [3.05, 3.63) is 0 Å². The molecule has 0 bridgehead atoms. The van der Waals surface area contributed by atoms with Crippen molar-refractivity contribution in [1.29, 1.82) is 0 Å². The molecular formula is C10H24B2S2. The van der Waals surface area contributed by atoms with Crippen molar-refractivity contribution in [2.45, 2.75) is 63.7 Å². The van der Waals surface area contributed by atoms with Crippen molar-refractivity contribution in [1.82, 2.24) is 0 Å². The van der Waals surface area contributed by atoms with Crippen LogP contribution in [0.5, 0.6) is 0 Å². The zero-order valence-electron chi connectivity index (χ0n) is 10.4. The lowest BCUT2D eigenvalue weighted by Crippen LogP contribution is -2.08. The van der Waals surface area contributed by atoms with Gasteiger partial charge >= 0.3 is 0 Å². The molecule has 0 amide bonds. The van der Waals surface area contributed by atoms with Crippen LogP contribution in [0, 0.1) is 0 Å². The minimum atomic E-state index is 0.788. The summed E-state index contributed by atoms with van der Waals surface area (Å²) in [7, 11) is 0. The molecule has 0 aromatic rings. The largest absolute Gasteiger partial charge is 0.213 e. The fraction of sp³-hybridized carbons (Fsp3) is 1.00. The zero-order valence-corrected chi connectivity index (χ0v) is 12.0. The van der Waals surface area contributed by atoms with Crippen molar-refractivity contribution >= 4 is 36.3 Å². The van der Waals surface area contributed by atoms with Crippen LogP contribution >= 0.6 is 23.2 Å². The summed E-state index contributed by atoms with van der Waals surface area (Å²) in [4.78, 5) is 0. The highest BCUT2D eigenvalue weighted by molar-refractivity contribution is 8.26. The molecule has 0 N–H and O–H groups in total. The highest BCUT2D eigenvalue weighted by Crippen LogP contribution is 2.21. The van der Waals surface area contributed by atoms with E-state index in [2.05, 4.69) is 57.8 Å². The van der Waals surface area contributed by atoms with E-state index in [-0.39, 0.29) is 0 Å². The van der Waals surface area contributed by atoms with Gasteiger partial charge in [-0.15, -0.1) is 0 Å². The Labute approximate surface area is 100 Å². The van der Waals surface area contributed by atoms with E-state index in [4.69, 9.17) is 0 Å². The van der Waals surface area contributed by atoms with Crippen molar-refractivity contribution in [2.75, 3.05) is 0 Å². The van der Waals surface area contributed by atoms with Gasteiger partial charge in [0.15, 0.2) is 13.1 Å². The summed E-state index contributed by atoms with van der Waals surface area (Å²) < 4.78 is 0. The molecule has 4 heteroatoms. The third-order valence-electron chi connectivity index (χ3n) is 2.07. The first-order chi connectivity index (χ1) is 6.56. The lowest BCUT2D eigenvalue weighted by Gasteiger charge is -2.13. The SMILES string of the molecule is CCCC(C)SBC(C)BSC(C)C. The van der Waals surface area contributed by atoms with Gasteiger partial charge in [-0.05, 0) is 16.9 Å². The second-order valence-corrected chi connectivity index (χ2v) is 7.50. The number of rotatable bonds is 8.